The topological polar surface area (TPSA) is 54.4 Å². The fraction of sp³-hybridized carbons (Fsp3) is 0.286. The van der Waals surface area contributed by atoms with E-state index in [-0.39, 0.29) is 17.1 Å². The normalized spacial score (nSPS) is 24.9. The van der Waals surface area contributed by atoms with Crippen molar-refractivity contribution < 1.29 is 13.5 Å². The lowest BCUT2D eigenvalue weighted by molar-refractivity contribution is 0.0716. The first-order valence-electron chi connectivity index (χ1n) is 6.04. The predicted molar refractivity (Wildman–Crippen MR) is 75.2 cm³/mol. The molecule has 1 unspecified atom stereocenters. The van der Waals surface area contributed by atoms with Crippen LogP contribution in [0.5, 0.6) is 0 Å². The van der Waals surface area contributed by atoms with Gasteiger partial charge in [0.05, 0.1) is 10.6 Å². The van der Waals surface area contributed by atoms with Crippen LogP contribution in [0.25, 0.3) is 0 Å². The molecule has 0 bridgehead atoms. The quantitative estimate of drug-likeness (QED) is 0.879. The summed E-state index contributed by atoms with van der Waals surface area (Å²) >= 11 is 1.56. The van der Waals surface area contributed by atoms with Gasteiger partial charge in [0, 0.05) is 16.0 Å². The molecular weight excluding hydrogens is 280 g/mol. The van der Waals surface area contributed by atoms with Crippen LogP contribution in [0.4, 0.5) is 0 Å². The number of thiophene rings is 1. The molecule has 5 heteroatoms. The average Bonchev–Trinajstić information content (AvgIpc) is 2.82. The van der Waals surface area contributed by atoms with Crippen molar-refractivity contribution in [2.45, 2.75) is 23.8 Å². The Hall–Kier alpha value is -1.17. The van der Waals surface area contributed by atoms with Crippen molar-refractivity contribution in [1.29, 1.82) is 0 Å². The SMILES string of the molecule is Cc1sccc1C1(O)CCS(=O)(=O)c2ccccc21. The molecule has 2 aromatic rings. The van der Waals surface area contributed by atoms with Crippen molar-refractivity contribution in [2.24, 2.45) is 0 Å². The fourth-order valence-corrected chi connectivity index (χ4v) is 5.11. The molecular formula is C14H14O3S2. The summed E-state index contributed by atoms with van der Waals surface area (Å²) in [6.07, 6.45) is 0.212. The molecule has 1 aromatic heterocycles. The molecule has 0 radical (unpaired) electrons. The Bertz CT molecular complexity index is 731. The van der Waals surface area contributed by atoms with E-state index in [1.165, 1.54) is 0 Å². The van der Waals surface area contributed by atoms with Gasteiger partial charge in [-0.15, -0.1) is 11.3 Å². The minimum atomic E-state index is -3.27. The number of sulfone groups is 1. The van der Waals surface area contributed by atoms with Crippen molar-refractivity contribution in [3.8, 4) is 0 Å². The minimum absolute atomic E-state index is 0.0181. The average molecular weight is 294 g/mol. The van der Waals surface area contributed by atoms with E-state index in [1.54, 1.807) is 35.6 Å². The number of rotatable bonds is 1. The molecule has 3 rings (SSSR count). The first kappa shape index (κ1) is 12.8. The second-order valence-corrected chi connectivity index (χ2v) is 8.01. The Morgan fingerprint density at radius 2 is 1.95 bits per heavy atom. The smallest absolute Gasteiger partial charge is 0.178 e. The number of aryl methyl sites for hydroxylation is 1. The molecule has 0 saturated carbocycles. The Morgan fingerprint density at radius 3 is 2.63 bits per heavy atom. The predicted octanol–water partition coefficient (Wildman–Crippen LogP) is 2.47. The van der Waals surface area contributed by atoms with E-state index in [9.17, 15) is 13.5 Å². The van der Waals surface area contributed by atoms with Gasteiger partial charge in [-0.05, 0) is 30.9 Å². The second-order valence-electron chi connectivity index (χ2n) is 4.82. The largest absolute Gasteiger partial charge is 0.380 e. The van der Waals surface area contributed by atoms with Crippen molar-refractivity contribution >= 4 is 21.2 Å². The van der Waals surface area contributed by atoms with Crippen molar-refractivity contribution in [3.05, 3.63) is 51.7 Å². The number of hydrogen-bond acceptors (Lipinski definition) is 4. The van der Waals surface area contributed by atoms with Gasteiger partial charge in [-0.25, -0.2) is 8.42 Å². The molecule has 0 spiro atoms. The maximum Gasteiger partial charge on any atom is 0.178 e. The summed E-state index contributed by atoms with van der Waals surface area (Å²) in [5.74, 6) is -0.0181. The van der Waals surface area contributed by atoms with Crippen molar-refractivity contribution in [1.82, 2.24) is 0 Å². The van der Waals surface area contributed by atoms with Crippen LogP contribution in [-0.2, 0) is 15.4 Å². The molecule has 19 heavy (non-hydrogen) atoms. The third-order valence-electron chi connectivity index (χ3n) is 3.70. The van der Waals surface area contributed by atoms with Crippen LogP contribution in [0.3, 0.4) is 0 Å². The van der Waals surface area contributed by atoms with Crippen LogP contribution in [0.1, 0.15) is 22.4 Å². The van der Waals surface area contributed by atoms with Crippen molar-refractivity contribution in [3.63, 3.8) is 0 Å². The third-order valence-corrected chi connectivity index (χ3v) is 6.32. The maximum absolute atomic E-state index is 12.1. The highest BCUT2D eigenvalue weighted by molar-refractivity contribution is 7.91. The van der Waals surface area contributed by atoms with E-state index in [0.29, 0.717) is 5.56 Å². The molecule has 1 atom stereocenters. The van der Waals surface area contributed by atoms with Crippen LogP contribution in [-0.4, -0.2) is 19.3 Å². The Balaban J connectivity index is 2.29. The molecule has 2 heterocycles. The molecule has 1 aliphatic heterocycles. The summed E-state index contributed by atoms with van der Waals surface area (Å²) in [7, 11) is -3.27. The zero-order valence-corrected chi connectivity index (χ0v) is 12.1. The highest BCUT2D eigenvalue weighted by Crippen LogP contribution is 2.43. The third kappa shape index (κ3) is 1.84. The minimum Gasteiger partial charge on any atom is -0.380 e. The molecule has 0 saturated heterocycles. The molecule has 100 valence electrons. The first-order chi connectivity index (χ1) is 8.95. The molecule has 3 nitrogen and oxygen atoms in total. The molecule has 0 amide bonds. The van der Waals surface area contributed by atoms with Gasteiger partial charge in [-0.2, -0.15) is 0 Å². The number of aliphatic hydroxyl groups is 1. The van der Waals surface area contributed by atoms with Crippen LogP contribution in [0.15, 0.2) is 40.6 Å². The maximum atomic E-state index is 12.1. The Labute approximate surface area is 116 Å². The molecule has 0 fully saturated rings. The second kappa shape index (κ2) is 4.16. The van der Waals surface area contributed by atoms with E-state index < -0.39 is 15.4 Å². The van der Waals surface area contributed by atoms with Crippen LogP contribution in [0, 0.1) is 6.92 Å². The summed E-state index contributed by atoms with van der Waals surface area (Å²) in [5, 5.41) is 13.0. The summed E-state index contributed by atoms with van der Waals surface area (Å²) in [4.78, 5) is 1.28. The molecule has 1 N–H and O–H groups in total. The van der Waals surface area contributed by atoms with E-state index >= 15 is 0 Å². The highest BCUT2D eigenvalue weighted by atomic mass is 32.2. The Kier molecular flexibility index (Phi) is 2.81. The van der Waals surface area contributed by atoms with Gasteiger partial charge in [0.25, 0.3) is 0 Å². The zero-order chi connectivity index (χ0) is 13.7. The number of benzene rings is 1. The zero-order valence-electron chi connectivity index (χ0n) is 10.5. The lowest BCUT2D eigenvalue weighted by Crippen LogP contribution is -2.36. The van der Waals surface area contributed by atoms with Gasteiger partial charge >= 0.3 is 0 Å². The lowest BCUT2D eigenvalue weighted by Gasteiger charge is -2.34. The number of hydrogen-bond donors (Lipinski definition) is 1. The molecule has 0 aliphatic carbocycles. The van der Waals surface area contributed by atoms with Gasteiger partial charge in [-0.1, -0.05) is 18.2 Å². The molecule has 1 aromatic carbocycles. The van der Waals surface area contributed by atoms with E-state index in [0.717, 1.165) is 10.4 Å². The monoisotopic (exact) mass is 294 g/mol. The van der Waals surface area contributed by atoms with E-state index in [1.807, 2.05) is 18.4 Å². The summed E-state index contributed by atoms with van der Waals surface area (Å²) in [6, 6.07) is 8.64. The van der Waals surface area contributed by atoms with Crippen LogP contribution in [0.2, 0.25) is 0 Å². The molecule has 1 aliphatic rings. The fourth-order valence-electron chi connectivity index (χ4n) is 2.70. The van der Waals surface area contributed by atoms with Gasteiger partial charge < -0.3 is 5.11 Å². The van der Waals surface area contributed by atoms with Crippen LogP contribution < -0.4 is 0 Å². The van der Waals surface area contributed by atoms with Crippen LogP contribution >= 0.6 is 11.3 Å². The van der Waals surface area contributed by atoms with Crippen molar-refractivity contribution in [2.75, 3.05) is 5.75 Å². The van der Waals surface area contributed by atoms with Gasteiger partial charge in [-0.3, -0.25) is 0 Å². The first-order valence-corrected chi connectivity index (χ1v) is 8.57. The number of fused-ring (bicyclic) bond motifs is 1. The van der Waals surface area contributed by atoms with Gasteiger partial charge in [0.15, 0.2) is 9.84 Å². The summed E-state index contributed by atoms with van der Waals surface area (Å²) in [6.45, 7) is 1.95. The van der Waals surface area contributed by atoms with E-state index in [2.05, 4.69) is 0 Å². The highest BCUT2D eigenvalue weighted by Gasteiger charge is 2.42. The summed E-state index contributed by atoms with van der Waals surface area (Å²) < 4.78 is 24.2. The van der Waals surface area contributed by atoms with Gasteiger partial charge in [0.2, 0.25) is 0 Å². The Morgan fingerprint density at radius 1 is 1.21 bits per heavy atom. The van der Waals surface area contributed by atoms with E-state index in [4.69, 9.17) is 0 Å². The lowest BCUT2D eigenvalue weighted by atomic mass is 9.84. The standard InChI is InChI=1S/C14H14O3S2/c1-10-11(6-8-18-10)14(15)7-9-19(16,17)13-5-3-2-4-12(13)14/h2-6,8,15H,7,9H2,1H3. The van der Waals surface area contributed by atoms with Gasteiger partial charge in [0.1, 0.15) is 5.60 Å². The summed E-state index contributed by atoms with van der Waals surface area (Å²) in [5.41, 5.74) is 0.133.